The highest BCUT2D eigenvalue weighted by Crippen LogP contribution is 2.25. The molecule has 0 aliphatic carbocycles. The number of carbonyl (C=O) groups excluding carboxylic acids is 2. The standard InChI is InChI=1S/C16H24N2O2S/c1-4-14-11(2)21-10-15(14)16(20)18-7-5-6-13(9-18)8-17-12(3)19/h10,13H,4-9H2,1-3H3,(H,17,19)/t13-/m1/s1. The van der Waals surface area contributed by atoms with Gasteiger partial charge in [0.25, 0.3) is 5.91 Å². The molecule has 0 aromatic carbocycles. The normalized spacial score (nSPS) is 18.6. The molecule has 2 heterocycles. The molecule has 1 atom stereocenters. The number of piperidine rings is 1. The molecular formula is C16H24N2O2S. The molecule has 1 N–H and O–H groups in total. The van der Waals surface area contributed by atoms with Crippen molar-refractivity contribution in [2.45, 2.75) is 40.0 Å². The highest BCUT2D eigenvalue weighted by atomic mass is 32.1. The van der Waals surface area contributed by atoms with Gasteiger partial charge >= 0.3 is 0 Å². The van der Waals surface area contributed by atoms with Gasteiger partial charge in [0.15, 0.2) is 0 Å². The van der Waals surface area contributed by atoms with Crippen molar-refractivity contribution in [1.29, 1.82) is 0 Å². The molecule has 0 saturated carbocycles. The lowest BCUT2D eigenvalue weighted by atomic mass is 9.97. The molecule has 21 heavy (non-hydrogen) atoms. The molecule has 1 saturated heterocycles. The highest BCUT2D eigenvalue weighted by molar-refractivity contribution is 7.10. The van der Waals surface area contributed by atoms with E-state index in [4.69, 9.17) is 0 Å². The van der Waals surface area contributed by atoms with Gasteiger partial charge in [-0.3, -0.25) is 9.59 Å². The number of hydrogen-bond donors (Lipinski definition) is 1. The number of carbonyl (C=O) groups is 2. The number of amides is 2. The molecule has 2 amide bonds. The van der Waals surface area contributed by atoms with Crippen molar-refractivity contribution in [3.63, 3.8) is 0 Å². The predicted octanol–water partition coefficient (Wildman–Crippen LogP) is 2.61. The fraction of sp³-hybridized carbons (Fsp3) is 0.625. The minimum absolute atomic E-state index is 0.000165. The van der Waals surface area contributed by atoms with Crippen LogP contribution < -0.4 is 5.32 Å². The van der Waals surface area contributed by atoms with Gasteiger partial charge in [-0.25, -0.2) is 0 Å². The summed E-state index contributed by atoms with van der Waals surface area (Å²) in [5.74, 6) is 0.528. The summed E-state index contributed by atoms with van der Waals surface area (Å²) in [6.07, 6.45) is 2.99. The lowest BCUT2D eigenvalue weighted by Gasteiger charge is -2.33. The Bertz CT molecular complexity index is 524. The summed E-state index contributed by atoms with van der Waals surface area (Å²) in [6, 6.07) is 0. The minimum Gasteiger partial charge on any atom is -0.356 e. The summed E-state index contributed by atoms with van der Waals surface area (Å²) >= 11 is 1.66. The van der Waals surface area contributed by atoms with Crippen LogP contribution in [-0.4, -0.2) is 36.3 Å². The second-order valence-electron chi connectivity index (χ2n) is 5.73. The van der Waals surface area contributed by atoms with Gasteiger partial charge in [0.1, 0.15) is 0 Å². The van der Waals surface area contributed by atoms with E-state index in [9.17, 15) is 9.59 Å². The predicted molar refractivity (Wildman–Crippen MR) is 85.7 cm³/mol. The van der Waals surface area contributed by atoms with Gasteiger partial charge in [-0.05, 0) is 37.7 Å². The maximum absolute atomic E-state index is 12.7. The third-order valence-electron chi connectivity index (χ3n) is 4.13. The van der Waals surface area contributed by atoms with Gasteiger partial charge in [-0.1, -0.05) is 6.92 Å². The van der Waals surface area contributed by atoms with Crippen LogP contribution in [0.5, 0.6) is 0 Å². The van der Waals surface area contributed by atoms with E-state index in [1.165, 1.54) is 17.4 Å². The van der Waals surface area contributed by atoms with Gasteiger partial charge in [-0.15, -0.1) is 11.3 Å². The summed E-state index contributed by atoms with van der Waals surface area (Å²) in [4.78, 5) is 26.9. The first-order chi connectivity index (χ1) is 10.0. The molecule has 0 bridgehead atoms. The zero-order chi connectivity index (χ0) is 15.4. The van der Waals surface area contributed by atoms with Crippen LogP contribution in [0.1, 0.15) is 47.5 Å². The van der Waals surface area contributed by atoms with Crippen molar-refractivity contribution in [3.05, 3.63) is 21.4 Å². The molecule has 116 valence electrons. The third-order valence-corrected chi connectivity index (χ3v) is 5.09. The smallest absolute Gasteiger partial charge is 0.254 e. The van der Waals surface area contributed by atoms with Crippen LogP contribution in [0.15, 0.2) is 5.38 Å². The Kier molecular flexibility index (Phi) is 5.39. The van der Waals surface area contributed by atoms with E-state index in [-0.39, 0.29) is 11.8 Å². The number of nitrogens with zero attached hydrogens (tertiary/aromatic N) is 1. The average Bonchev–Trinajstić information content (AvgIpc) is 2.85. The second kappa shape index (κ2) is 7.07. The largest absolute Gasteiger partial charge is 0.356 e. The molecule has 2 rings (SSSR count). The molecule has 1 fully saturated rings. The molecule has 0 spiro atoms. The third kappa shape index (κ3) is 3.84. The number of thiophene rings is 1. The number of hydrogen-bond acceptors (Lipinski definition) is 3. The molecule has 4 nitrogen and oxygen atoms in total. The van der Waals surface area contributed by atoms with Crippen molar-refractivity contribution >= 4 is 23.2 Å². The summed E-state index contributed by atoms with van der Waals surface area (Å²) in [5, 5.41) is 4.86. The maximum atomic E-state index is 12.7. The number of rotatable bonds is 4. The van der Waals surface area contributed by atoms with Gasteiger partial charge < -0.3 is 10.2 Å². The second-order valence-corrected chi connectivity index (χ2v) is 6.82. The van der Waals surface area contributed by atoms with E-state index in [0.29, 0.717) is 12.5 Å². The van der Waals surface area contributed by atoms with Crippen LogP contribution in [0.3, 0.4) is 0 Å². The Balaban J connectivity index is 2.03. The lowest BCUT2D eigenvalue weighted by Crippen LogP contribution is -2.43. The molecule has 1 aromatic rings. The van der Waals surface area contributed by atoms with E-state index in [0.717, 1.165) is 37.9 Å². The Morgan fingerprint density at radius 2 is 2.24 bits per heavy atom. The number of nitrogens with one attached hydrogen (secondary N) is 1. The molecular weight excluding hydrogens is 284 g/mol. The van der Waals surface area contributed by atoms with Crippen molar-refractivity contribution in [1.82, 2.24) is 10.2 Å². The van der Waals surface area contributed by atoms with Crippen molar-refractivity contribution < 1.29 is 9.59 Å². The molecule has 0 unspecified atom stereocenters. The van der Waals surface area contributed by atoms with Gasteiger partial charge in [0, 0.05) is 36.8 Å². The van der Waals surface area contributed by atoms with Crippen LogP contribution in [0.4, 0.5) is 0 Å². The van der Waals surface area contributed by atoms with E-state index in [2.05, 4.69) is 19.2 Å². The maximum Gasteiger partial charge on any atom is 0.254 e. The van der Waals surface area contributed by atoms with E-state index in [1.807, 2.05) is 10.3 Å². The molecule has 0 radical (unpaired) electrons. The van der Waals surface area contributed by atoms with Crippen LogP contribution in [0, 0.1) is 12.8 Å². The van der Waals surface area contributed by atoms with E-state index < -0.39 is 0 Å². The summed E-state index contributed by atoms with van der Waals surface area (Å²) in [6.45, 7) is 7.96. The van der Waals surface area contributed by atoms with Crippen LogP contribution in [0.25, 0.3) is 0 Å². The minimum atomic E-state index is 0.000165. The fourth-order valence-corrected chi connectivity index (χ4v) is 3.91. The topological polar surface area (TPSA) is 49.4 Å². The monoisotopic (exact) mass is 308 g/mol. The first-order valence-electron chi connectivity index (χ1n) is 7.63. The van der Waals surface area contributed by atoms with E-state index >= 15 is 0 Å². The number of likely N-dealkylation sites (tertiary alicyclic amines) is 1. The fourth-order valence-electron chi connectivity index (χ4n) is 2.97. The van der Waals surface area contributed by atoms with Gasteiger partial charge in [-0.2, -0.15) is 0 Å². The highest BCUT2D eigenvalue weighted by Gasteiger charge is 2.26. The summed E-state index contributed by atoms with van der Waals surface area (Å²) in [5.41, 5.74) is 2.06. The van der Waals surface area contributed by atoms with Gasteiger partial charge in [0.05, 0.1) is 5.56 Å². The lowest BCUT2D eigenvalue weighted by molar-refractivity contribution is -0.119. The zero-order valence-corrected chi connectivity index (χ0v) is 13.9. The van der Waals surface area contributed by atoms with Crippen molar-refractivity contribution in [3.8, 4) is 0 Å². The van der Waals surface area contributed by atoms with Crippen molar-refractivity contribution in [2.24, 2.45) is 5.92 Å². The average molecular weight is 308 g/mol. The van der Waals surface area contributed by atoms with E-state index in [1.54, 1.807) is 11.3 Å². The molecule has 1 aliphatic heterocycles. The zero-order valence-electron chi connectivity index (χ0n) is 13.1. The Morgan fingerprint density at radius 3 is 2.90 bits per heavy atom. The SMILES string of the molecule is CCc1c(C(=O)N2CCC[C@H](CNC(C)=O)C2)csc1C. The molecule has 1 aliphatic rings. The molecule has 5 heteroatoms. The van der Waals surface area contributed by atoms with Crippen LogP contribution in [0.2, 0.25) is 0 Å². The Labute approximate surface area is 130 Å². The van der Waals surface area contributed by atoms with Gasteiger partial charge in [0.2, 0.25) is 5.91 Å². The van der Waals surface area contributed by atoms with Crippen LogP contribution >= 0.6 is 11.3 Å². The first kappa shape index (κ1) is 16.0. The first-order valence-corrected chi connectivity index (χ1v) is 8.51. The number of aryl methyl sites for hydroxylation is 1. The van der Waals surface area contributed by atoms with Crippen molar-refractivity contribution in [2.75, 3.05) is 19.6 Å². The quantitative estimate of drug-likeness (QED) is 0.929. The Hall–Kier alpha value is -1.36. The summed E-state index contributed by atoms with van der Waals surface area (Å²) < 4.78 is 0. The summed E-state index contributed by atoms with van der Waals surface area (Å²) in [7, 11) is 0. The van der Waals surface area contributed by atoms with Crippen LogP contribution in [-0.2, 0) is 11.2 Å². The molecule has 1 aromatic heterocycles. The Morgan fingerprint density at radius 1 is 1.48 bits per heavy atom.